The minimum absolute atomic E-state index is 0.00405. The van der Waals surface area contributed by atoms with Crippen molar-refractivity contribution in [3.63, 3.8) is 0 Å². The molecule has 0 heterocycles. The summed E-state index contributed by atoms with van der Waals surface area (Å²) in [6.45, 7) is 3.29. The molecule has 0 amide bonds. The summed E-state index contributed by atoms with van der Waals surface area (Å²) in [4.78, 5) is 12.0. The van der Waals surface area contributed by atoms with E-state index in [0.29, 0.717) is 12.0 Å². The lowest BCUT2D eigenvalue weighted by Crippen LogP contribution is -2.31. The van der Waals surface area contributed by atoms with E-state index < -0.39 is 15.1 Å². The fraction of sp³-hybridized carbons (Fsp3) is 0.417. The Bertz CT molecular complexity index is 448. The van der Waals surface area contributed by atoms with Crippen molar-refractivity contribution in [2.45, 2.75) is 25.5 Å². The smallest absolute Gasteiger partial charge is 0.180 e. The molecule has 16 heavy (non-hydrogen) atoms. The molecule has 1 rings (SSSR count). The number of hydrogen-bond acceptors (Lipinski definition) is 3. The molecule has 0 saturated carbocycles. The summed E-state index contributed by atoms with van der Waals surface area (Å²) in [6, 6.07) is 8.56. The number of carbonyl (C=O) groups excluding carboxylic acids is 1. The van der Waals surface area contributed by atoms with Crippen molar-refractivity contribution < 1.29 is 13.2 Å². The number of ketones is 1. The number of Topliss-reactive ketones (excluding diaryl/α,β-unsaturated/α-hetero) is 1. The van der Waals surface area contributed by atoms with E-state index in [1.54, 1.807) is 44.2 Å². The van der Waals surface area contributed by atoms with Crippen LogP contribution in [0.15, 0.2) is 30.3 Å². The quantitative estimate of drug-likeness (QED) is 0.740. The first-order valence-corrected chi connectivity index (χ1v) is 7.05. The molecule has 4 heteroatoms. The number of carbonyl (C=O) groups is 1. The zero-order chi connectivity index (χ0) is 12.2. The van der Waals surface area contributed by atoms with Crippen molar-refractivity contribution in [3.8, 4) is 0 Å². The van der Waals surface area contributed by atoms with Gasteiger partial charge in [0.25, 0.3) is 0 Å². The van der Waals surface area contributed by atoms with Crippen LogP contribution in [0.5, 0.6) is 0 Å². The van der Waals surface area contributed by atoms with Crippen LogP contribution in [-0.2, 0) is 9.84 Å². The van der Waals surface area contributed by atoms with Crippen LogP contribution in [0.4, 0.5) is 0 Å². The maximum atomic E-state index is 12.0. The molecule has 1 atom stereocenters. The summed E-state index contributed by atoms with van der Waals surface area (Å²) in [5.74, 6) is -0.297. The van der Waals surface area contributed by atoms with Gasteiger partial charge in [-0.2, -0.15) is 0 Å². The Morgan fingerprint density at radius 2 is 1.75 bits per heavy atom. The summed E-state index contributed by atoms with van der Waals surface area (Å²) in [5.41, 5.74) is 0.464. The van der Waals surface area contributed by atoms with Gasteiger partial charge in [0.15, 0.2) is 15.6 Å². The second-order valence-corrected chi connectivity index (χ2v) is 6.05. The molecule has 88 valence electrons. The summed E-state index contributed by atoms with van der Waals surface area (Å²) in [7, 11) is -3.31. The van der Waals surface area contributed by atoms with E-state index in [4.69, 9.17) is 0 Å². The Balaban J connectivity index is 3.05. The molecule has 0 aliphatic rings. The van der Waals surface area contributed by atoms with Crippen molar-refractivity contribution in [1.82, 2.24) is 0 Å². The SMILES string of the molecule is CCC(C(=O)c1ccccc1)S(=O)(=O)CC. The van der Waals surface area contributed by atoms with Crippen LogP contribution in [0.25, 0.3) is 0 Å². The molecular formula is C12H16O3S. The first-order chi connectivity index (χ1) is 7.53. The maximum absolute atomic E-state index is 12.0. The van der Waals surface area contributed by atoms with E-state index in [1.807, 2.05) is 0 Å². The van der Waals surface area contributed by atoms with Crippen LogP contribution >= 0.6 is 0 Å². The van der Waals surface area contributed by atoms with Gasteiger partial charge in [-0.15, -0.1) is 0 Å². The molecule has 0 spiro atoms. The molecule has 0 saturated heterocycles. The molecule has 1 aromatic rings. The van der Waals surface area contributed by atoms with Gasteiger partial charge >= 0.3 is 0 Å². The maximum Gasteiger partial charge on any atom is 0.180 e. The molecule has 0 N–H and O–H groups in total. The third-order valence-electron chi connectivity index (χ3n) is 2.56. The fourth-order valence-electron chi connectivity index (χ4n) is 1.59. The van der Waals surface area contributed by atoms with E-state index in [9.17, 15) is 13.2 Å². The van der Waals surface area contributed by atoms with Crippen LogP contribution in [0.3, 0.4) is 0 Å². The lowest BCUT2D eigenvalue weighted by atomic mass is 10.1. The Morgan fingerprint density at radius 3 is 2.19 bits per heavy atom. The van der Waals surface area contributed by atoms with Gasteiger partial charge in [0.05, 0.1) is 0 Å². The van der Waals surface area contributed by atoms with Gasteiger partial charge in [-0.1, -0.05) is 44.2 Å². The van der Waals surface area contributed by atoms with Gasteiger partial charge in [-0.25, -0.2) is 8.42 Å². The fourth-order valence-corrected chi connectivity index (χ4v) is 2.96. The molecular weight excluding hydrogens is 224 g/mol. The normalized spacial score (nSPS) is 13.4. The van der Waals surface area contributed by atoms with Crippen LogP contribution < -0.4 is 0 Å². The third-order valence-corrected chi connectivity index (χ3v) is 4.78. The standard InChI is InChI=1S/C12H16O3S/c1-3-11(16(14,15)4-2)12(13)10-8-6-5-7-9-10/h5-9,11H,3-4H2,1-2H3. The predicted octanol–water partition coefficient (Wildman–Crippen LogP) is 2.08. The predicted molar refractivity (Wildman–Crippen MR) is 64.3 cm³/mol. The molecule has 1 aromatic carbocycles. The number of rotatable bonds is 5. The van der Waals surface area contributed by atoms with Crippen LogP contribution in [-0.4, -0.2) is 25.2 Å². The molecule has 1 unspecified atom stereocenters. The zero-order valence-corrected chi connectivity index (χ0v) is 10.3. The first-order valence-electron chi connectivity index (χ1n) is 5.33. The van der Waals surface area contributed by atoms with Crippen LogP contribution in [0, 0.1) is 0 Å². The minimum Gasteiger partial charge on any atom is -0.293 e. The van der Waals surface area contributed by atoms with E-state index >= 15 is 0 Å². The highest BCUT2D eigenvalue weighted by Crippen LogP contribution is 2.14. The van der Waals surface area contributed by atoms with Gasteiger partial charge in [0, 0.05) is 11.3 Å². The van der Waals surface area contributed by atoms with E-state index in [-0.39, 0.29) is 11.5 Å². The molecule has 0 radical (unpaired) electrons. The van der Waals surface area contributed by atoms with Gasteiger partial charge in [-0.05, 0) is 6.42 Å². The van der Waals surface area contributed by atoms with Crippen molar-refractivity contribution in [2.24, 2.45) is 0 Å². The van der Waals surface area contributed by atoms with E-state index in [0.717, 1.165) is 0 Å². The average molecular weight is 240 g/mol. The van der Waals surface area contributed by atoms with E-state index in [1.165, 1.54) is 0 Å². The monoisotopic (exact) mass is 240 g/mol. The van der Waals surface area contributed by atoms with E-state index in [2.05, 4.69) is 0 Å². The first kappa shape index (κ1) is 12.9. The molecule has 3 nitrogen and oxygen atoms in total. The van der Waals surface area contributed by atoms with Crippen molar-refractivity contribution >= 4 is 15.6 Å². The molecule has 0 aromatic heterocycles. The lowest BCUT2D eigenvalue weighted by Gasteiger charge is -2.13. The Morgan fingerprint density at radius 1 is 1.19 bits per heavy atom. The summed E-state index contributed by atoms with van der Waals surface area (Å²) >= 11 is 0. The Hall–Kier alpha value is -1.16. The van der Waals surface area contributed by atoms with Crippen molar-refractivity contribution in [3.05, 3.63) is 35.9 Å². The summed E-state index contributed by atoms with van der Waals surface area (Å²) in [5, 5.41) is -0.903. The second kappa shape index (κ2) is 5.25. The summed E-state index contributed by atoms with van der Waals surface area (Å²) in [6.07, 6.45) is 0.323. The zero-order valence-electron chi connectivity index (χ0n) is 9.51. The topological polar surface area (TPSA) is 51.2 Å². The van der Waals surface area contributed by atoms with Crippen LogP contribution in [0.2, 0.25) is 0 Å². The largest absolute Gasteiger partial charge is 0.293 e. The molecule has 0 aliphatic carbocycles. The van der Waals surface area contributed by atoms with Gasteiger partial charge in [0.1, 0.15) is 5.25 Å². The highest BCUT2D eigenvalue weighted by molar-refractivity contribution is 7.92. The van der Waals surface area contributed by atoms with Crippen LogP contribution in [0.1, 0.15) is 30.6 Å². The van der Waals surface area contributed by atoms with Crippen molar-refractivity contribution in [1.29, 1.82) is 0 Å². The highest BCUT2D eigenvalue weighted by Gasteiger charge is 2.29. The average Bonchev–Trinajstić information content (AvgIpc) is 2.30. The van der Waals surface area contributed by atoms with Gasteiger partial charge in [0.2, 0.25) is 0 Å². The number of benzene rings is 1. The van der Waals surface area contributed by atoms with Gasteiger partial charge in [-0.3, -0.25) is 4.79 Å². The third kappa shape index (κ3) is 2.70. The summed E-state index contributed by atoms with van der Waals surface area (Å²) < 4.78 is 23.4. The molecule has 0 aliphatic heterocycles. The van der Waals surface area contributed by atoms with Gasteiger partial charge < -0.3 is 0 Å². The Labute approximate surface area is 96.4 Å². The second-order valence-electron chi connectivity index (χ2n) is 3.58. The lowest BCUT2D eigenvalue weighted by molar-refractivity contribution is 0.0985. The number of hydrogen-bond donors (Lipinski definition) is 0. The molecule has 0 fully saturated rings. The molecule has 0 bridgehead atoms. The number of sulfone groups is 1. The Kier molecular flexibility index (Phi) is 4.24. The highest BCUT2D eigenvalue weighted by atomic mass is 32.2. The van der Waals surface area contributed by atoms with Crippen molar-refractivity contribution in [2.75, 3.05) is 5.75 Å². The minimum atomic E-state index is -3.31.